The number of nitrogens with one attached hydrogen (secondary N) is 1. The fraction of sp³-hybridized carbons (Fsp3) is 0.200. The summed E-state index contributed by atoms with van der Waals surface area (Å²) in [6, 6.07) is 15.6. The molecule has 0 saturated heterocycles. The van der Waals surface area contributed by atoms with Crippen molar-refractivity contribution >= 4 is 11.6 Å². The van der Waals surface area contributed by atoms with Crippen molar-refractivity contribution in [1.82, 2.24) is 9.55 Å². The number of carbonyl (C=O) groups is 1. The lowest BCUT2D eigenvalue weighted by molar-refractivity contribution is 0.102. The Bertz CT molecular complexity index is 805. The summed E-state index contributed by atoms with van der Waals surface area (Å²) in [5.74, 6) is 0.368. The Balaban J connectivity index is 1.70. The number of nitrogens with zero attached hydrogens (tertiary/aromatic N) is 2. The van der Waals surface area contributed by atoms with E-state index in [1.807, 2.05) is 59.3 Å². The number of hydrogen-bond donors (Lipinski definition) is 1. The molecular formula is C20H21N3O. The van der Waals surface area contributed by atoms with Crippen LogP contribution in [-0.4, -0.2) is 15.5 Å². The van der Waals surface area contributed by atoms with Crippen molar-refractivity contribution in [3.63, 3.8) is 0 Å². The summed E-state index contributed by atoms with van der Waals surface area (Å²) < 4.78 is 1.99. The van der Waals surface area contributed by atoms with Gasteiger partial charge in [-0.2, -0.15) is 0 Å². The second kappa shape index (κ2) is 7.13. The normalized spacial score (nSPS) is 10.8. The minimum absolute atomic E-state index is 0.0925. The molecule has 0 bridgehead atoms. The van der Waals surface area contributed by atoms with Gasteiger partial charge in [0.1, 0.15) is 0 Å². The van der Waals surface area contributed by atoms with Gasteiger partial charge in [0.05, 0.1) is 6.33 Å². The highest BCUT2D eigenvalue weighted by Gasteiger charge is 2.07. The van der Waals surface area contributed by atoms with E-state index in [9.17, 15) is 4.79 Å². The van der Waals surface area contributed by atoms with E-state index in [2.05, 4.69) is 24.1 Å². The van der Waals surface area contributed by atoms with Gasteiger partial charge in [0.25, 0.3) is 5.91 Å². The number of rotatable bonds is 5. The molecule has 4 nitrogen and oxygen atoms in total. The summed E-state index contributed by atoms with van der Waals surface area (Å²) >= 11 is 0. The molecule has 2 aromatic carbocycles. The molecular weight excluding hydrogens is 298 g/mol. The molecule has 0 aliphatic rings. The maximum absolute atomic E-state index is 12.4. The van der Waals surface area contributed by atoms with Crippen molar-refractivity contribution < 1.29 is 4.79 Å². The Morgan fingerprint density at radius 1 is 1.17 bits per heavy atom. The van der Waals surface area contributed by atoms with Crippen LogP contribution in [0.3, 0.4) is 0 Å². The van der Waals surface area contributed by atoms with Gasteiger partial charge < -0.3 is 9.88 Å². The second-order valence-electron chi connectivity index (χ2n) is 6.17. The molecule has 3 aromatic rings. The first-order valence-electron chi connectivity index (χ1n) is 8.08. The van der Waals surface area contributed by atoms with Crippen LogP contribution in [0.15, 0.2) is 67.3 Å². The topological polar surface area (TPSA) is 46.9 Å². The zero-order valence-electron chi connectivity index (χ0n) is 13.9. The van der Waals surface area contributed by atoms with Gasteiger partial charge in [-0.25, -0.2) is 4.98 Å². The Hall–Kier alpha value is -2.88. The molecule has 1 heterocycles. The lowest BCUT2D eigenvalue weighted by Gasteiger charge is -2.09. The molecule has 0 aliphatic heterocycles. The van der Waals surface area contributed by atoms with Crippen molar-refractivity contribution in [2.24, 2.45) is 0 Å². The standard InChI is InChI=1S/C20H21N3O/c1-15(2)17-6-8-18(9-7-17)20(24)22-19-5-3-4-16(12-19)13-23-11-10-21-14-23/h3-12,14-15H,13H2,1-2H3,(H,22,24). The van der Waals surface area contributed by atoms with E-state index < -0.39 is 0 Å². The summed E-state index contributed by atoms with van der Waals surface area (Å²) in [6.07, 6.45) is 5.45. The van der Waals surface area contributed by atoms with Gasteiger partial charge in [0.2, 0.25) is 0 Å². The molecule has 0 aliphatic carbocycles. The Labute approximate surface area is 142 Å². The molecule has 4 heteroatoms. The number of carbonyl (C=O) groups excluding carboxylic acids is 1. The number of aromatic nitrogens is 2. The Morgan fingerprint density at radius 3 is 2.62 bits per heavy atom. The average molecular weight is 319 g/mol. The second-order valence-corrected chi connectivity index (χ2v) is 6.17. The number of benzene rings is 2. The van der Waals surface area contributed by atoms with Crippen LogP contribution in [0.4, 0.5) is 5.69 Å². The summed E-state index contributed by atoms with van der Waals surface area (Å²) in [5.41, 5.74) is 3.81. The Kier molecular flexibility index (Phi) is 4.75. The van der Waals surface area contributed by atoms with Gasteiger partial charge in [-0.05, 0) is 41.3 Å². The molecule has 3 rings (SSSR count). The molecule has 0 fully saturated rings. The predicted octanol–water partition coefficient (Wildman–Crippen LogP) is 4.31. The van der Waals surface area contributed by atoms with E-state index in [0.717, 1.165) is 17.8 Å². The highest BCUT2D eigenvalue weighted by atomic mass is 16.1. The van der Waals surface area contributed by atoms with Gasteiger partial charge in [0, 0.05) is 30.2 Å². The molecule has 0 spiro atoms. The first kappa shape index (κ1) is 16.0. The van der Waals surface area contributed by atoms with Gasteiger partial charge in [-0.15, -0.1) is 0 Å². The van der Waals surface area contributed by atoms with Crippen LogP contribution < -0.4 is 5.32 Å². The Morgan fingerprint density at radius 2 is 1.96 bits per heavy atom. The monoisotopic (exact) mass is 319 g/mol. The first-order valence-corrected chi connectivity index (χ1v) is 8.08. The van der Waals surface area contributed by atoms with E-state index in [4.69, 9.17) is 0 Å². The molecule has 1 amide bonds. The van der Waals surface area contributed by atoms with Crippen molar-refractivity contribution in [2.75, 3.05) is 5.32 Å². The quantitative estimate of drug-likeness (QED) is 0.762. The molecule has 0 unspecified atom stereocenters. The van der Waals surface area contributed by atoms with E-state index in [-0.39, 0.29) is 5.91 Å². The molecule has 1 aromatic heterocycles. The van der Waals surface area contributed by atoms with Gasteiger partial charge >= 0.3 is 0 Å². The molecule has 122 valence electrons. The third kappa shape index (κ3) is 3.90. The summed E-state index contributed by atoms with van der Waals surface area (Å²) in [7, 11) is 0. The highest BCUT2D eigenvalue weighted by Crippen LogP contribution is 2.17. The fourth-order valence-electron chi connectivity index (χ4n) is 2.56. The van der Waals surface area contributed by atoms with E-state index in [1.165, 1.54) is 5.56 Å². The van der Waals surface area contributed by atoms with Crippen LogP contribution in [0.2, 0.25) is 0 Å². The van der Waals surface area contributed by atoms with Crippen LogP contribution >= 0.6 is 0 Å². The molecule has 0 radical (unpaired) electrons. The summed E-state index contributed by atoms with van der Waals surface area (Å²) in [4.78, 5) is 16.4. The maximum atomic E-state index is 12.4. The lowest BCUT2D eigenvalue weighted by atomic mass is 10.0. The highest BCUT2D eigenvalue weighted by molar-refractivity contribution is 6.04. The summed E-state index contributed by atoms with van der Waals surface area (Å²) in [6.45, 7) is 5.01. The van der Waals surface area contributed by atoms with Crippen molar-refractivity contribution in [3.8, 4) is 0 Å². The minimum Gasteiger partial charge on any atom is -0.333 e. The van der Waals surface area contributed by atoms with Gasteiger partial charge in [0.15, 0.2) is 0 Å². The van der Waals surface area contributed by atoms with E-state index >= 15 is 0 Å². The van der Waals surface area contributed by atoms with E-state index in [0.29, 0.717) is 11.5 Å². The smallest absolute Gasteiger partial charge is 0.255 e. The zero-order valence-corrected chi connectivity index (χ0v) is 13.9. The lowest BCUT2D eigenvalue weighted by Crippen LogP contribution is -2.12. The third-order valence-corrected chi connectivity index (χ3v) is 3.95. The molecule has 24 heavy (non-hydrogen) atoms. The molecule has 1 N–H and O–H groups in total. The van der Waals surface area contributed by atoms with Crippen molar-refractivity contribution in [1.29, 1.82) is 0 Å². The number of anilines is 1. The number of amides is 1. The fourth-order valence-corrected chi connectivity index (χ4v) is 2.56. The number of hydrogen-bond acceptors (Lipinski definition) is 2. The molecule has 0 atom stereocenters. The van der Waals surface area contributed by atoms with Gasteiger partial charge in [-0.3, -0.25) is 4.79 Å². The minimum atomic E-state index is -0.0925. The maximum Gasteiger partial charge on any atom is 0.255 e. The van der Waals surface area contributed by atoms with Crippen LogP contribution in [0.1, 0.15) is 41.3 Å². The van der Waals surface area contributed by atoms with Gasteiger partial charge in [-0.1, -0.05) is 38.1 Å². The predicted molar refractivity (Wildman–Crippen MR) is 96.3 cm³/mol. The average Bonchev–Trinajstić information content (AvgIpc) is 3.08. The SMILES string of the molecule is CC(C)c1ccc(C(=O)Nc2cccc(Cn3ccnc3)c2)cc1. The van der Waals surface area contributed by atoms with Crippen LogP contribution in [0, 0.1) is 0 Å². The third-order valence-electron chi connectivity index (χ3n) is 3.95. The zero-order chi connectivity index (χ0) is 16.9. The number of imidazole rings is 1. The van der Waals surface area contributed by atoms with Crippen LogP contribution in [0.25, 0.3) is 0 Å². The van der Waals surface area contributed by atoms with Crippen molar-refractivity contribution in [2.45, 2.75) is 26.3 Å². The van der Waals surface area contributed by atoms with Crippen LogP contribution in [-0.2, 0) is 6.54 Å². The summed E-state index contributed by atoms with van der Waals surface area (Å²) in [5, 5.41) is 2.96. The first-order chi connectivity index (χ1) is 11.6. The van der Waals surface area contributed by atoms with Crippen LogP contribution in [0.5, 0.6) is 0 Å². The largest absolute Gasteiger partial charge is 0.333 e. The molecule has 0 saturated carbocycles. The van der Waals surface area contributed by atoms with Crippen molar-refractivity contribution in [3.05, 3.63) is 83.9 Å². The van der Waals surface area contributed by atoms with E-state index in [1.54, 1.807) is 12.5 Å².